The Hall–Kier alpha value is -1.61. The Morgan fingerprint density at radius 1 is 1.35 bits per heavy atom. The van der Waals surface area contributed by atoms with Crippen molar-refractivity contribution in [1.82, 2.24) is 10.3 Å². The fourth-order valence-electron chi connectivity index (χ4n) is 2.74. The number of nitrogens with one attached hydrogen (secondary N) is 1. The number of aromatic nitrogens is 1. The van der Waals surface area contributed by atoms with Gasteiger partial charge in [-0.15, -0.1) is 0 Å². The van der Waals surface area contributed by atoms with Gasteiger partial charge >= 0.3 is 0 Å². The summed E-state index contributed by atoms with van der Waals surface area (Å²) in [6.07, 6.45) is 4.97. The number of fused-ring (bicyclic) bond motifs is 1. The summed E-state index contributed by atoms with van der Waals surface area (Å²) in [5.41, 5.74) is 2.84. The summed E-state index contributed by atoms with van der Waals surface area (Å²) >= 11 is 0. The highest BCUT2D eigenvalue weighted by atomic mass is 16.4. The highest BCUT2D eigenvalue weighted by molar-refractivity contribution is 5.44. The molecule has 0 radical (unpaired) electrons. The molecule has 3 rings (SSSR count). The van der Waals surface area contributed by atoms with Crippen LogP contribution < -0.4 is 5.32 Å². The summed E-state index contributed by atoms with van der Waals surface area (Å²) in [6.45, 7) is 5.34. The lowest BCUT2D eigenvalue weighted by Crippen LogP contribution is -2.23. The van der Waals surface area contributed by atoms with E-state index in [2.05, 4.69) is 48.4 Å². The molecule has 1 aromatic carbocycles. The maximum absolute atomic E-state index is 5.91. The second kappa shape index (κ2) is 5.80. The second-order valence-electron chi connectivity index (χ2n) is 5.82. The molecule has 1 aliphatic rings. The fraction of sp³-hybridized carbons (Fsp3) is 0.471. The first kappa shape index (κ1) is 13.4. The molecule has 0 bridgehead atoms. The number of hydrogen-bond donors (Lipinski definition) is 1. The van der Waals surface area contributed by atoms with Gasteiger partial charge in [-0.1, -0.05) is 38.1 Å². The van der Waals surface area contributed by atoms with Gasteiger partial charge in [0.2, 0.25) is 0 Å². The van der Waals surface area contributed by atoms with Crippen LogP contribution in [0.1, 0.15) is 49.0 Å². The first-order valence-corrected chi connectivity index (χ1v) is 7.50. The molecule has 20 heavy (non-hydrogen) atoms. The monoisotopic (exact) mass is 270 g/mol. The molecule has 0 spiro atoms. The molecule has 3 heteroatoms. The molecule has 1 N–H and O–H groups in total. The van der Waals surface area contributed by atoms with Crippen molar-refractivity contribution in [1.29, 1.82) is 0 Å². The van der Waals surface area contributed by atoms with Gasteiger partial charge in [0, 0.05) is 18.4 Å². The van der Waals surface area contributed by atoms with E-state index in [1.54, 1.807) is 0 Å². The third-order valence-corrected chi connectivity index (χ3v) is 3.89. The zero-order chi connectivity index (χ0) is 13.9. The minimum Gasteiger partial charge on any atom is -0.445 e. The van der Waals surface area contributed by atoms with Crippen LogP contribution >= 0.6 is 0 Å². The Kier molecular flexibility index (Phi) is 3.88. The summed E-state index contributed by atoms with van der Waals surface area (Å²) in [7, 11) is 0. The smallest absolute Gasteiger partial charge is 0.194 e. The quantitative estimate of drug-likeness (QED) is 0.818. The maximum Gasteiger partial charge on any atom is 0.194 e. The van der Waals surface area contributed by atoms with E-state index in [4.69, 9.17) is 4.42 Å². The molecule has 3 nitrogen and oxygen atoms in total. The average molecular weight is 270 g/mol. The summed E-state index contributed by atoms with van der Waals surface area (Å²) in [4.78, 5) is 4.41. The third kappa shape index (κ3) is 2.78. The molecule has 0 fully saturated rings. The Labute approximate surface area is 120 Å². The minimum absolute atomic E-state index is 0.418. The molecule has 2 aromatic rings. The van der Waals surface area contributed by atoms with Crippen LogP contribution in [0.4, 0.5) is 0 Å². The van der Waals surface area contributed by atoms with E-state index in [1.165, 1.54) is 11.1 Å². The fourth-order valence-corrected chi connectivity index (χ4v) is 2.74. The Morgan fingerprint density at radius 2 is 2.20 bits per heavy atom. The zero-order valence-electron chi connectivity index (χ0n) is 12.2. The molecule has 1 aliphatic carbocycles. The predicted octanol–water partition coefficient (Wildman–Crippen LogP) is 3.29. The van der Waals surface area contributed by atoms with E-state index >= 15 is 0 Å². The topological polar surface area (TPSA) is 38.1 Å². The van der Waals surface area contributed by atoms with E-state index < -0.39 is 0 Å². The van der Waals surface area contributed by atoms with Crippen LogP contribution in [-0.4, -0.2) is 17.6 Å². The molecule has 1 unspecified atom stereocenters. The number of oxazole rings is 1. The first-order chi connectivity index (χ1) is 9.74. The van der Waals surface area contributed by atoms with Crippen LogP contribution in [0.2, 0.25) is 0 Å². The maximum atomic E-state index is 5.91. The highest BCUT2D eigenvalue weighted by Crippen LogP contribution is 2.39. The molecule has 0 saturated carbocycles. The van der Waals surface area contributed by atoms with E-state index in [-0.39, 0.29) is 0 Å². The standard InChI is InChI=1S/C17H22N2O/c1-12(2)18-9-5-8-17-19-11-16(20-17)15-10-13-6-3-4-7-14(13)15/h3-4,6-7,11-12,15,18H,5,8-10H2,1-2H3. The minimum atomic E-state index is 0.418. The number of rotatable bonds is 6. The van der Waals surface area contributed by atoms with Gasteiger partial charge in [-0.2, -0.15) is 0 Å². The lowest BCUT2D eigenvalue weighted by atomic mass is 9.76. The van der Waals surface area contributed by atoms with Gasteiger partial charge in [0.1, 0.15) is 5.76 Å². The van der Waals surface area contributed by atoms with Crippen molar-refractivity contribution in [2.45, 2.75) is 45.1 Å². The molecule has 1 atom stereocenters. The molecule has 1 heterocycles. The summed E-state index contributed by atoms with van der Waals surface area (Å²) < 4.78 is 5.91. The summed E-state index contributed by atoms with van der Waals surface area (Å²) in [5, 5.41) is 3.41. The Bertz CT molecular complexity index is 574. The Balaban J connectivity index is 1.56. The normalized spacial score (nSPS) is 17.1. The largest absolute Gasteiger partial charge is 0.445 e. The van der Waals surface area contributed by atoms with Gasteiger partial charge in [-0.3, -0.25) is 0 Å². The molecule has 0 amide bonds. The number of aryl methyl sites for hydroxylation is 1. The van der Waals surface area contributed by atoms with Crippen LogP contribution in [0, 0.1) is 0 Å². The lowest BCUT2D eigenvalue weighted by molar-refractivity contribution is 0.418. The van der Waals surface area contributed by atoms with Crippen LogP contribution in [0.5, 0.6) is 0 Å². The van der Waals surface area contributed by atoms with Crippen LogP contribution in [0.15, 0.2) is 34.9 Å². The van der Waals surface area contributed by atoms with Crippen molar-refractivity contribution in [3.05, 3.63) is 53.2 Å². The zero-order valence-corrected chi connectivity index (χ0v) is 12.2. The SMILES string of the molecule is CC(C)NCCCc1ncc(C2Cc3ccccc32)o1. The van der Waals surface area contributed by atoms with Crippen molar-refractivity contribution in [2.75, 3.05) is 6.54 Å². The van der Waals surface area contributed by atoms with Crippen molar-refractivity contribution in [3.8, 4) is 0 Å². The number of hydrogen-bond acceptors (Lipinski definition) is 3. The van der Waals surface area contributed by atoms with Gasteiger partial charge in [0.15, 0.2) is 5.89 Å². The second-order valence-corrected chi connectivity index (χ2v) is 5.82. The molecule has 0 aliphatic heterocycles. The molecular formula is C17H22N2O. The van der Waals surface area contributed by atoms with Crippen molar-refractivity contribution in [2.24, 2.45) is 0 Å². The molecule has 106 valence electrons. The van der Waals surface area contributed by atoms with Gasteiger partial charge in [0.25, 0.3) is 0 Å². The van der Waals surface area contributed by atoms with Crippen LogP contribution in [0.25, 0.3) is 0 Å². The van der Waals surface area contributed by atoms with Gasteiger partial charge in [-0.25, -0.2) is 4.98 Å². The molecule has 1 aromatic heterocycles. The van der Waals surface area contributed by atoms with Gasteiger partial charge < -0.3 is 9.73 Å². The highest BCUT2D eigenvalue weighted by Gasteiger charge is 2.29. The lowest BCUT2D eigenvalue weighted by Gasteiger charge is -2.27. The van der Waals surface area contributed by atoms with Crippen LogP contribution in [0.3, 0.4) is 0 Å². The predicted molar refractivity (Wildman–Crippen MR) is 80.0 cm³/mol. The van der Waals surface area contributed by atoms with E-state index in [9.17, 15) is 0 Å². The molecule has 0 saturated heterocycles. The van der Waals surface area contributed by atoms with E-state index in [0.29, 0.717) is 12.0 Å². The number of benzene rings is 1. The van der Waals surface area contributed by atoms with E-state index in [0.717, 1.165) is 37.5 Å². The Morgan fingerprint density at radius 3 is 3.00 bits per heavy atom. The molecular weight excluding hydrogens is 248 g/mol. The summed E-state index contributed by atoms with van der Waals surface area (Å²) in [5.74, 6) is 2.31. The van der Waals surface area contributed by atoms with Crippen molar-refractivity contribution in [3.63, 3.8) is 0 Å². The summed E-state index contributed by atoms with van der Waals surface area (Å²) in [6, 6.07) is 9.13. The first-order valence-electron chi connectivity index (χ1n) is 7.50. The van der Waals surface area contributed by atoms with Gasteiger partial charge in [-0.05, 0) is 30.5 Å². The van der Waals surface area contributed by atoms with Crippen molar-refractivity contribution >= 4 is 0 Å². The third-order valence-electron chi connectivity index (χ3n) is 3.89. The number of nitrogens with zero attached hydrogens (tertiary/aromatic N) is 1. The van der Waals surface area contributed by atoms with Crippen molar-refractivity contribution < 1.29 is 4.42 Å². The average Bonchev–Trinajstić information content (AvgIpc) is 2.84. The van der Waals surface area contributed by atoms with Gasteiger partial charge in [0.05, 0.1) is 6.20 Å². The van der Waals surface area contributed by atoms with E-state index in [1.807, 2.05) is 6.20 Å². The van der Waals surface area contributed by atoms with Crippen LogP contribution in [-0.2, 0) is 12.8 Å².